The number of benzene rings is 1. The average molecular weight is 210 g/mol. The fraction of sp³-hybridized carbons (Fsp3) is 0.143. The first-order valence-electron chi connectivity index (χ1n) is 2.76. The van der Waals surface area contributed by atoms with E-state index in [0.29, 0.717) is 0 Å². The monoisotopic (exact) mass is 209 g/mol. The SMILES string of the molecule is Cc1ccc(NBr)cc1.[NaH]. The molecule has 0 radical (unpaired) electrons. The van der Waals surface area contributed by atoms with Crippen molar-refractivity contribution < 1.29 is 0 Å². The van der Waals surface area contributed by atoms with E-state index in [2.05, 4.69) is 39.5 Å². The molecule has 0 amide bonds. The number of halogens is 1. The first-order valence-corrected chi connectivity index (χ1v) is 3.55. The van der Waals surface area contributed by atoms with E-state index in [1.807, 2.05) is 12.1 Å². The molecule has 50 valence electrons. The zero-order valence-corrected chi connectivity index (χ0v) is 6.77. The zero-order chi connectivity index (χ0) is 6.69. The summed E-state index contributed by atoms with van der Waals surface area (Å²) < 4.78 is 2.87. The van der Waals surface area contributed by atoms with Gasteiger partial charge in [0.05, 0.1) is 0 Å². The summed E-state index contributed by atoms with van der Waals surface area (Å²) in [7, 11) is 0. The van der Waals surface area contributed by atoms with Gasteiger partial charge in [-0.3, -0.25) is 0 Å². The molecular formula is C7H9BrNNa. The summed E-state index contributed by atoms with van der Waals surface area (Å²) >= 11 is 3.13. The van der Waals surface area contributed by atoms with Crippen molar-refractivity contribution in [2.24, 2.45) is 0 Å². The van der Waals surface area contributed by atoms with E-state index in [9.17, 15) is 0 Å². The van der Waals surface area contributed by atoms with Gasteiger partial charge in [0.2, 0.25) is 0 Å². The van der Waals surface area contributed by atoms with Crippen molar-refractivity contribution in [2.75, 3.05) is 4.34 Å². The van der Waals surface area contributed by atoms with Crippen molar-refractivity contribution in [1.29, 1.82) is 0 Å². The van der Waals surface area contributed by atoms with E-state index in [-0.39, 0.29) is 29.6 Å². The molecule has 0 saturated carbocycles. The van der Waals surface area contributed by atoms with Gasteiger partial charge in [-0.1, -0.05) is 17.7 Å². The summed E-state index contributed by atoms with van der Waals surface area (Å²) in [6.07, 6.45) is 0. The second-order valence-corrected chi connectivity index (χ2v) is 2.36. The Morgan fingerprint density at radius 1 is 1.20 bits per heavy atom. The molecule has 10 heavy (non-hydrogen) atoms. The van der Waals surface area contributed by atoms with Crippen LogP contribution in [0.3, 0.4) is 0 Å². The minimum absolute atomic E-state index is 0. The molecule has 1 N–H and O–H groups in total. The molecular weight excluding hydrogens is 201 g/mol. The van der Waals surface area contributed by atoms with Gasteiger partial charge in [-0.2, -0.15) is 0 Å². The summed E-state index contributed by atoms with van der Waals surface area (Å²) in [5.41, 5.74) is 2.36. The summed E-state index contributed by atoms with van der Waals surface area (Å²) in [4.78, 5) is 0. The number of rotatable bonds is 1. The Labute approximate surface area is 91.8 Å². The van der Waals surface area contributed by atoms with Crippen LogP contribution in [0.4, 0.5) is 5.69 Å². The van der Waals surface area contributed by atoms with Gasteiger partial charge >= 0.3 is 29.6 Å². The van der Waals surface area contributed by atoms with Crippen molar-refractivity contribution in [3.05, 3.63) is 29.8 Å². The van der Waals surface area contributed by atoms with E-state index in [0.717, 1.165) is 5.69 Å². The summed E-state index contributed by atoms with van der Waals surface area (Å²) in [6.45, 7) is 2.07. The first-order chi connectivity index (χ1) is 4.33. The van der Waals surface area contributed by atoms with Crippen LogP contribution >= 0.6 is 16.1 Å². The molecule has 0 aliphatic rings. The zero-order valence-electron chi connectivity index (χ0n) is 5.19. The van der Waals surface area contributed by atoms with Crippen LogP contribution in [-0.4, -0.2) is 29.6 Å². The number of nitrogens with one attached hydrogen (secondary N) is 1. The van der Waals surface area contributed by atoms with Crippen molar-refractivity contribution in [3.8, 4) is 0 Å². The third-order valence-corrected chi connectivity index (χ3v) is 1.62. The maximum absolute atomic E-state index is 3.13. The van der Waals surface area contributed by atoms with E-state index in [4.69, 9.17) is 0 Å². The molecule has 0 aliphatic heterocycles. The van der Waals surface area contributed by atoms with E-state index >= 15 is 0 Å². The molecule has 0 bridgehead atoms. The van der Waals surface area contributed by atoms with Crippen molar-refractivity contribution in [1.82, 2.24) is 0 Å². The molecule has 0 saturated heterocycles. The number of aryl methyl sites for hydroxylation is 1. The summed E-state index contributed by atoms with van der Waals surface area (Å²) in [6, 6.07) is 8.15. The predicted molar refractivity (Wildman–Crippen MR) is 50.9 cm³/mol. The molecule has 0 unspecified atom stereocenters. The molecule has 1 nitrogen and oxygen atoms in total. The van der Waals surface area contributed by atoms with Crippen molar-refractivity contribution in [2.45, 2.75) is 6.92 Å². The van der Waals surface area contributed by atoms with Crippen LogP contribution in [0.15, 0.2) is 24.3 Å². The van der Waals surface area contributed by atoms with Gasteiger partial charge in [-0.15, -0.1) is 0 Å². The molecule has 0 fully saturated rings. The summed E-state index contributed by atoms with van der Waals surface area (Å²) in [5, 5.41) is 0. The second-order valence-electron chi connectivity index (χ2n) is 1.96. The van der Waals surface area contributed by atoms with E-state index in [1.165, 1.54) is 5.56 Å². The number of hydrogen-bond acceptors (Lipinski definition) is 1. The van der Waals surface area contributed by atoms with Crippen LogP contribution in [0.1, 0.15) is 5.56 Å². The van der Waals surface area contributed by atoms with E-state index in [1.54, 1.807) is 0 Å². The average Bonchev–Trinajstić information content (AvgIpc) is 1.90. The van der Waals surface area contributed by atoms with Crippen LogP contribution in [0.5, 0.6) is 0 Å². The third-order valence-electron chi connectivity index (χ3n) is 1.16. The van der Waals surface area contributed by atoms with Crippen LogP contribution < -0.4 is 4.34 Å². The molecule has 0 aromatic heterocycles. The normalized spacial score (nSPS) is 8.20. The number of hydrogen-bond donors (Lipinski definition) is 1. The summed E-state index contributed by atoms with van der Waals surface area (Å²) in [5.74, 6) is 0. The predicted octanol–water partition coefficient (Wildman–Crippen LogP) is 2.07. The first kappa shape index (κ1) is 10.5. The van der Waals surface area contributed by atoms with Gasteiger partial charge in [0.1, 0.15) is 0 Å². The van der Waals surface area contributed by atoms with E-state index < -0.39 is 0 Å². The molecule has 1 aromatic carbocycles. The van der Waals surface area contributed by atoms with Crippen LogP contribution in [0.2, 0.25) is 0 Å². The third kappa shape index (κ3) is 3.06. The van der Waals surface area contributed by atoms with Gasteiger partial charge in [0.15, 0.2) is 0 Å². The Bertz CT molecular complexity index is 185. The molecule has 1 aromatic rings. The Balaban J connectivity index is 0.000000810. The second kappa shape index (κ2) is 5.19. The molecule has 0 atom stereocenters. The Kier molecular flexibility index (Phi) is 5.45. The fourth-order valence-corrected chi connectivity index (χ4v) is 0.881. The van der Waals surface area contributed by atoms with Gasteiger partial charge in [-0.05, 0) is 19.1 Å². The van der Waals surface area contributed by atoms with Crippen molar-refractivity contribution >= 4 is 51.4 Å². The molecule has 3 heteroatoms. The maximum atomic E-state index is 3.13. The minimum atomic E-state index is 0. The van der Waals surface area contributed by atoms with Crippen LogP contribution in [-0.2, 0) is 0 Å². The number of anilines is 1. The van der Waals surface area contributed by atoms with Crippen molar-refractivity contribution in [3.63, 3.8) is 0 Å². The molecule has 0 aliphatic carbocycles. The molecule has 0 spiro atoms. The van der Waals surface area contributed by atoms with Gasteiger partial charge in [0.25, 0.3) is 0 Å². The van der Waals surface area contributed by atoms with Crippen LogP contribution in [0, 0.1) is 6.92 Å². The quantitative estimate of drug-likeness (QED) is 0.552. The van der Waals surface area contributed by atoms with Crippen LogP contribution in [0.25, 0.3) is 0 Å². The Hall–Kier alpha value is 0.500. The van der Waals surface area contributed by atoms with Gasteiger partial charge in [0, 0.05) is 21.8 Å². The standard InChI is InChI=1S/C7H8BrN.Na.H/c1-6-2-4-7(9-8)5-3-6;;/h2-5,9H,1H3;;. The van der Waals surface area contributed by atoms with Gasteiger partial charge in [-0.25, -0.2) is 0 Å². The van der Waals surface area contributed by atoms with Gasteiger partial charge < -0.3 is 4.34 Å². The fourth-order valence-electron chi connectivity index (χ4n) is 0.617. The molecule has 0 heterocycles. The Morgan fingerprint density at radius 3 is 2.10 bits per heavy atom. The topological polar surface area (TPSA) is 12.0 Å². The molecule has 1 rings (SSSR count). The Morgan fingerprint density at radius 2 is 1.70 bits per heavy atom.